The Hall–Kier alpha value is -2.34. The van der Waals surface area contributed by atoms with Gasteiger partial charge in [-0.2, -0.15) is 0 Å². The van der Waals surface area contributed by atoms with Gasteiger partial charge in [0, 0.05) is 32.4 Å². The van der Waals surface area contributed by atoms with Gasteiger partial charge >= 0.3 is 0 Å². The highest BCUT2D eigenvalue weighted by molar-refractivity contribution is 6.32. The fourth-order valence-electron chi connectivity index (χ4n) is 2.77. The number of hydrogen-bond acceptors (Lipinski definition) is 4. The number of nitrogens with zero attached hydrogens (tertiary/aromatic N) is 3. The number of aromatic nitrogens is 1. The summed E-state index contributed by atoms with van der Waals surface area (Å²) in [5.41, 5.74) is 0. The first-order valence-corrected chi connectivity index (χ1v) is 8.49. The predicted octanol–water partition coefficient (Wildman–Crippen LogP) is 2.99. The molecule has 1 aliphatic rings. The van der Waals surface area contributed by atoms with Gasteiger partial charge in [-0.15, -0.1) is 0 Å². The lowest BCUT2D eigenvalue weighted by molar-refractivity contribution is -0.138. The minimum absolute atomic E-state index is 0.110. The molecular formula is C18H19ClFN3O2. The molecule has 1 unspecified atom stereocenters. The monoisotopic (exact) mass is 363 g/mol. The second-order valence-corrected chi connectivity index (χ2v) is 6.24. The number of piperazine rings is 1. The number of anilines is 1. The first-order chi connectivity index (χ1) is 12.0. The van der Waals surface area contributed by atoms with Crippen LogP contribution in [0.25, 0.3) is 0 Å². The summed E-state index contributed by atoms with van der Waals surface area (Å²) in [7, 11) is 0. The van der Waals surface area contributed by atoms with Gasteiger partial charge in [-0.3, -0.25) is 4.79 Å². The largest absolute Gasteiger partial charge is 0.479 e. The maximum atomic E-state index is 13.1. The van der Waals surface area contributed by atoms with E-state index in [2.05, 4.69) is 9.88 Å². The smallest absolute Gasteiger partial charge is 0.263 e. The SMILES string of the molecule is CC(Oc1ccc(F)cc1Cl)C(=O)N1CCN(c2ccccn2)CC1. The van der Waals surface area contributed by atoms with Gasteiger partial charge in [0.25, 0.3) is 5.91 Å². The van der Waals surface area contributed by atoms with Gasteiger partial charge in [0.15, 0.2) is 6.10 Å². The summed E-state index contributed by atoms with van der Waals surface area (Å²) in [4.78, 5) is 20.8. The van der Waals surface area contributed by atoms with E-state index in [1.54, 1.807) is 18.0 Å². The third-order valence-corrected chi connectivity index (χ3v) is 4.41. The van der Waals surface area contributed by atoms with Gasteiger partial charge in [-0.05, 0) is 37.3 Å². The van der Waals surface area contributed by atoms with Crippen LogP contribution in [-0.2, 0) is 4.79 Å². The topological polar surface area (TPSA) is 45.7 Å². The van der Waals surface area contributed by atoms with Crippen LogP contribution in [0.15, 0.2) is 42.6 Å². The van der Waals surface area contributed by atoms with E-state index in [-0.39, 0.29) is 10.9 Å². The van der Waals surface area contributed by atoms with E-state index in [0.29, 0.717) is 31.9 Å². The molecule has 1 aromatic carbocycles. The highest BCUT2D eigenvalue weighted by Gasteiger charge is 2.26. The minimum atomic E-state index is -0.690. The fraction of sp³-hybridized carbons (Fsp3) is 0.333. The number of carbonyl (C=O) groups excluding carboxylic acids is 1. The van der Waals surface area contributed by atoms with E-state index in [1.165, 1.54) is 18.2 Å². The molecule has 1 aliphatic heterocycles. The summed E-state index contributed by atoms with van der Waals surface area (Å²) in [5.74, 6) is 0.663. The van der Waals surface area contributed by atoms with Crippen LogP contribution in [0.5, 0.6) is 5.75 Å². The predicted molar refractivity (Wildman–Crippen MR) is 94.5 cm³/mol. The second-order valence-electron chi connectivity index (χ2n) is 5.84. The van der Waals surface area contributed by atoms with Gasteiger partial charge in [0.1, 0.15) is 17.4 Å². The second kappa shape index (κ2) is 7.70. The zero-order chi connectivity index (χ0) is 17.8. The van der Waals surface area contributed by atoms with Crippen LogP contribution < -0.4 is 9.64 Å². The number of halogens is 2. The Morgan fingerprint density at radius 2 is 2.00 bits per heavy atom. The van der Waals surface area contributed by atoms with Gasteiger partial charge in [0.05, 0.1) is 5.02 Å². The first-order valence-electron chi connectivity index (χ1n) is 8.11. The molecule has 5 nitrogen and oxygen atoms in total. The summed E-state index contributed by atoms with van der Waals surface area (Å²) < 4.78 is 18.7. The summed E-state index contributed by atoms with van der Waals surface area (Å²) in [6, 6.07) is 9.63. The Morgan fingerprint density at radius 1 is 1.24 bits per heavy atom. The molecule has 1 aromatic heterocycles. The molecule has 1 amide bonds. The van der Waals surface area contributed by atoms with Crippen molar-refractivity contribution in [1.29, 1.82) is 0 Å². The molecule has 2 aromatic rings. The third kappa shape index (κ3) is 4.20. The van der Waals surface area contributed by atoms with Crippen LogP contribution >= 0.6 is 11.6 Å². The molecule has 0 spiro atoms. The van der Waals surface area contributed by atoms with Crippen molar-refractivity contribution in [3.8, 4) is 5.75 Å². The normalized spacial score (nSPS) is 15.8. The van der Waals surface area contributed by atoms with Crippen molar-refractivity contribution in [2.75, 3.05) is 31.1 Å². The van der Waals surface area contributed by atoms with E-state index < -0.39 is 11.9 Å². The Bertz CT molecular complexity index is 736. The maximum Gasteiger partial charge on any atom is 0.263 e. The van der Waals surface area contributed by atoms with Crippen LogP contribution in [0.3, 0.4) is 0 Å². The molecule has 25 heavy (non-hydrogen) atoms. The Balaban J connectivity index is 1.56. The van der Waals surface area contributed by atoms with Crippen LogP contribution in [0.2, 0.25) is 5.02 Å². The van der Waals surface area contributed by atoms with Crippen LogP contribution in [0, 0.1) is 5.82 Å². The summed E-state index contributed by atoms with van der Waals surface area (Å²) in [5, 5.41) is 0.152. The van der Waals surface area contributed by atoms with Crippen molar-refractivity contribution in [3.05, 3.63) is 53.4 Å². The van der Waals surface area contributed by atoms with E-state index in [4.69, 9.17) is 16.3 Å². The lowest BCUT2D eigenvalue weighted by Crippen LogP contribution is -2.52. The summed E-state index contributed by atoms with van der Waals surface area (Å²) in [6.07, 6.45) is 1.07. The number of amides is 1. The fourth-order valence-corrected chi connectivity index (χ4v) is 2.98. The number of carbonyl (C=O) groups is 1. The summed E-state index contributed by atoms with van der Waals surface area (Å²) in [6.45, 7) is 4.30. The standard InChI is InChI=1S/C18H19ClFN3O2/c1-13(25-16-6-5-14(20)12-15(16)19)18(24)23-10-8-22(9-11-23)17-4-2-3-7-21-17/h2-7,12-13H,8-11H2,1H3. The number of pyridine rings is 1. The maximum absolute atomic E-state index is 13.1. The highest BCUT2D eigenvalue weighted by atomic mass is 35.5. The van der Waals surface area contributed by atoms with Crippen LogP contribution in [0.4, 0.5) is 10.2 Å². The van der Waals surface area contributed by atoms with E-state index in [1.807, 2.05) is 18.2 Å². The molecule has 1 fully saturated rings. The Labute approximate surface area is 151 Å². The minimum Gasteiger partial charge on any atom is -0.479 e. The molecule has 1 saturated heterocycles. The van der Waals surface area contributed by atoms with Crippen molar-refractivity contribution in [2.45, 2.75) is 13.0 Å². The quantitative estimate of drug-likeness (QED) is 0.837. The Kier molecular flexibility index (Phi) is 5.38. The zero-order valence-corrected chi connectivity index (χ0v) is 14.6. The van der Waals surface area contributed by atoms with Gasteiger partial charge in [-0.1, -0.05) is 17.7 Å². The number of ether oxygens (including phenoxy) is 1. The molecule has 0 saturated carbocycles. The molecule has 132 valence electrons. The Morgan fingerprint density at radius 3 is 2.64 bits per heavy atom. The third-order valence-electron chi connectivity index (χ3n) is 4.11. The molecule has 0 bridgehead atoms. The summed E-state index contributed by atoms with van der Waals surface area (Å²) >= 11 is 5.95. The lowest BCUT2D eigenvalue weighted by atomic mass is 10.2. The van der Waals surface area contributed by atoms with Gasteiger partial charge in [0.2, 0.25) is 0 Å². The van der Waals surface area contributed by atoms with Crippen LogP contribution in [0.1, 0.15) is 6.92 Å². The molecule has 2 heterocycles. The first kappa shape index (κ1) is 17.5. The zero-order valence-electron chi connectivity index (χ0n) is 13.9. The average Bonchev–Trinajstić information content (AvgIpc) is 2.64. The van der Waals surface area contributed by atoms with E-state index in [0.717, 1.165) is 5.82 Å². The number of benzene rings is 1. The molecule has 0 aliphatic carbocycles. The molecule has 1 atom stereocenters. The van der Waals surface area contributed by atoms with Crippen LogP contribution in [-0.4, -0.2) is 48.1 Å². The van der Waals surface area contributed by atoms with Crippen molar-refractivity contribution >= 4 is 23.3 Å². The molecule has 7 heteroatoms. The van der Waals surface area contributed by atoms with Crippen molar-refractivity contribution in [3.63, 3.8) is 0 Å². The lowest BCUT2D eigenvalue weighted by Gasteiger charge is -2.36. The van der Waals surface area contributed by atoms with Crippen molar-refractivity contribution in [1.82, 2.24) is 9.88 Å². The highest BCUT2D eigenvalue weighted by Crippen LogP contribution is 2.26. The van der Waals surface area contributed by atoms with Crippen molar-refractivity contribution in [2.24, 2.45) is 0 Å². The number of hydrogen-bond donors (Lipinski definition) is 0. The average molecular weight is 364 g/mol. The van der Waals surface area contributed by atoms with E-state index in [9.17, 15) is 9.18 Å². The molecule has 0 radical (unpaired) electrons. The van der Waals surface area contributed by atoms with Gasteiger partial charge < -0.3 is 14.5 Å². The van der Waals surface area contributed by atoms with E-state index >= 15 is 0 Å². The van der Waals surface area contributed by atoms with Gasteiger partial charge in [-0.25, -0.2) is 9.37 Å². The molecule has 0 N–H and O–H groups in total. The molecular weight excluding hydrogens is 345 g/mol. The number of rotatable bonds is 4. The van der Waals surface area contributed by atoms with Crippen molar-refractivity contribution < 1.29 is 13.9 Å². The molecule has 3 rings (SSSR count).